The van der Waals surface area contributed by atoms with E-state index in [9.17, 15) is 4.79 Å². The minimum atomic E-state index is -0.178. The zero-order valence-electron chi connectivity index (χ0n) is 15.4. The van der Waals surface area contributed by atoms with Gasteiger partial charge in [0, 0.05) is 13.1 Å². The van der Waals surface area contributed by atoms with Gasteiger partial charge in [-0.1, -0.05) is 30.3 Å². The Bertz CT molecular complexity index is 904. The summed E-state index contributed by atoms with van der Waals surface area (Å²) in [5, 5.41) is 10.9. The number of benzene rings is 2. The molecule has 0 bridgehead atoms. The number of nitrogens with zero attached hydrogens (tertiary/aromatic N) is 2. The van der Waals surface area contributed by atoms with Gasteiger partial charge in [0.1, 0.15) is 11.5 Å². The molecular weight excluding hydrogens is 376 g/mol. The molecule has 2 heterocycles. The summed E-state index contributed by atoms with van der Waals surface area (Å²) in [6.45, 7) is 3.12. The van der Waals surface area contributed by atoms with Crippen LogP contribution in [0.25, 0.3) is 0 Å². The molecule has 1 aliphatic rings. The molecule has 0 spiro atoms. The molecule has 0 saturated heterocycles. The van der Waals surface area contributed by atoms with Crippen molar-refractivity contribution in [1.29, 1.82) is 0 Å². The lowest BCUT2D eigenvalue weighted by molar-refractivity contribution is 0.0948. The van der Waals surface area contributed by atoms with Gasteiger partial charge < -0.3 is 15.4 Å². The number of amides is 1. The topological polar surface area (TPSA) is 68.2 Å². The molecule has 1 aromatic heterocycles. The summed E-state index contributed by atoms with van der Waals surface area (Å²) in [6, 6.07) is 18.7. The van der Waals surface area contributed by atoms with Crippen LogP contribution in [-0.4, -0.2) is 22.2 Å². The molecular formula is C21H23ClN4O2. The van der Waals surface area contributed by atoms with Crippen LogP contribution in [0, 0.1) is 0 Å². The third-order valence-electron chi connectivity index (χ3n) is 4.48. The van der Waals surface area contributed by atoms with E-state index in [-0.39, 0.29) is 18.3 Å². The molecule has 1 aliphatic heterocycles. The molecule has 0 radical (unpaired) electrons. The fourth-order valence-corrected chi connectivity index (χ4v) is 3.13. The van der Waals surface area contributed by atoms with E-state index in [2.05, 4.69) is 15.7 Å². The summed E-state index contributed by atoms with van der Waals surface area (Å²) in [4.78, 5) is 12.7. The van der Waals surface area contributed by atoms with Gasteiger partial charge in [0.2, 0.25) is 0 Å². The summed E-state index contributed by atoms with van der Waals surface area (Å²) >= 11 is 0. The molecule has 6 nitrogen and oxygen atoms in total. The van der Waals surface area contributed by atoms with Crippen molar-refractivity contribution in [3.05, 3.63) is 77.6 Å². The molecule has 0 aliphatic carbocycles. The van der Waals surface area contributed by atoms with Crippen LogP contribution in [0.1, 0.15) is 28.2 Å². The molecule has 0 unspecified atom stereocenters. The number of aryl methyl sites for hydroxylation is 1. The first kappa shape index (κ1) is 19.9. The zero-order valence-corrected chi connectivity index (χ0v) is 16.2. The van der Waals surface area contributed by atoms with E-state index in [0.29, 0.717) is 23.6 Å². The Morgan fingerprint density at radius 1 is 1.14 bits per heavy atom. The Labute approximate surface area is 170 Å². The minimum absolute atomic E-state index is 0. The smallest absolute Gasteiger partial charge is 0.255 e. The fraction of sp³-hybridized carbons (Fsp3) is 0.238. The van der Waals surface area contributed by atoms with Crippen molar-refractivity contribution in [1.82, 2.24) is 20.4 Å². The zero-order chi connectivity index (χ0) is 18.5. The first-order valence-electron chi connectivity index (χ1n) is 9.16. The minimum Gasteiger partial charge on any atom is -0.457 e. The van der Waals surface area contributed by atoms with Crippen LogP contribution < -0.4 is 15.4 Å². The summed E-state index contributed by atoms with van der Waals surface area (Å²) in [6.07, 6.45) is 1.06. The highest BCUT2D eigenvalue weighted by Gasteiger charge is 2.15. The first-order valence-corrected chi connectivity index (χ1v) is 9.16. The SMILES string of the molecule is Cl.O=C(NCc1cc2n(n1)CCCNC2)c1ccccc1Oc1ccccc1. The van der Waals surface area contributed by atoms with E-state index in [1.807, 2.05) is 53.2 Å². The second-order valence-electron chi connectivity index (χ2n) is 6.47. The highest BCUT2D eigenvalue weighted by atomic mass is 35.5. The number of nitrogens with one attached hydrogen (secondary N) is 2. The molecule has 146 valence electrons. The third-order valence-corrected chi connectivity index (χ3v) is 4.48. The highest BCUT2D eigenvalue weighted by molar-refractivity contribution is 5.96. The van der Waals surface area contributed by atoms with Gasteiger partial charge in [-0.15, -0.1) is 12.4 Å². The molecule has 1 amide bonds. The Kier molecular flexibility index (Phi) is 6.68. The predicted molar refractivity (Wildman–Crippen MR) is 110 cm³/mol. The standard InChI is InChI=1S/C21H22N4O2.ClH/c26-21(23-14-16-13-17-15-22-11-6-12-25(17)24-16)19-9-4-5-10-20(19)27-18-7-2-1-3-8-18;/h1-5,7-10,13,22H,6,11-12,14-15H2,(H,23,26);1H. The maximum Gasteiger partial charge on any atom is 0.255 e. The molecule has 7 heteroatoms. The maximum atomic E-state index is 12.7. The van der Waals surface area contributed by atoms with Gasteiger partial charge in [0.25, 0.3) is 5.91 Å². The number of halogens is 1. The monoisotopic (exact) mass is 398 g/mol. The normalized spacial score (nSPS) is 13.0. The summed E-state index contributed by atoms with van der Waals surface area (Å²) < 4.78 is 7.90. The van der Waals surface area contributed by atoms with Crippen LogP contribution in [0.3, 0.4) is 0 Å². The van der Waals surface area contributed by atoms with E-state index in [4.69, 9.17) is 4.74 Å². The Morgan fingerprint density at radius 2 is 1.93 bits per heavy atom. The number of carbonyl (C=O) groups is 1. The second kappa shape index (κ2) is 9.39. The number of aromatic nitrogens is 2. The predicted octanol–water partition coefficient (Wildman–Crippen LogP) is 3.52. The second-order valence-corrected chi connectivity index (χ2v) is 6.47. The van der Waals surface area contributed by atoms with Crippen LogP contribution in [0.2, 0.25) is 0 Å². The van der Waals surface area contributed by atoms with Crippen molar-refractivity contribution < 1.29 is 9.53 Å². The summed E-state index contributed by atoms with van der Waals surface area (Å²) in [7, 11) is 0. The first-order chi connectivity index (χ1) is 13.3. The molecule has 2 N–H and O–H groups in total. The number of rotatable bonds is 5. The van der Waals surface area contributed by atoms with Crippen LogP contribution in [0.4, 0.5) is 0 Å². The molecule has 0 saturated carbocycles. The van der Waals surface area contributed by atoms with Gasteiger partial charge in [0.05, 0.1) is 23.5 Å². The van der Waals surface area contributed by atoms with Gasteiger partial charge >= 0.3 is 0 Å². The molecule has 0 fully saturated rings. The molecule has 0 atom stereocenters. The molecule has 3 aromatic rings. The number of ether oxygens (including phenoxy) is 1. The van der Waals surface area contributed by atoms with Gasteiger partial charge in [-0.3, -0.25) is 9.48 Å². The Morgan fingerprint density at radius 3 is 2.79 bits per heavy atom. The number of hydrogen-bond donors (Lipinski definition) is 2. The van der Waals surface area contributed by atoms with Gasteiger partial charge in [0.15, 0.2) is 0 Å². The molecule has 28 heavy (non-hydrogen) atoms. The lowest BCUT2D eigenvalue weighted by Crippen LogP contribution is -2.23. The molecule has 2 aromatic carbocycles. The lowest BCUT2D eigenvalue weighted by atomic mass is 10.2. The lowest BCUT2D eigenvalue weighted by Gasteiger charge is -2.11. The largest absolute Gasteiger partial charge is 0.457 e. The van der Waals surface area contributed by atoms with Crippen molar-refractivity contribution in [3.8, 4) is 11.5 Å². The van der Waals surface area contributed by atoms with Crippen LogP contribution in [0.5, 0.6) is 11.5 Å². The van der Waals surface area contributed by atoms with Crippen LogP contribution in [-0.2, 0) is 19.6 Å². The number of para-hydroxylation sites is 2. The van der Waals surface area contributed by atoms with Gasteiger partial charge in [-0.25, -0.2) is 0 Å². The van der Waals surface area contributed by atoms with E-state index in [0.717, 1.165) is 37.4 Å². The quantitative estimate of drug-likeness (QED) is 0.690. The Balaban J connectivity index is 0.00000225. The number of fused-ring (bicyclic) bond motifs is 1. The fourth-order valence-electron chi connectivity index (χ4n) is 3.13. The Hall–Kier alpha value is -2.83. The van der Waals surface area contributed by atoms with Crippen molar-refractivity contribution in [2.45, 2.75) is 26.1 Å². The average Bonchev–Trinajstić information content (AvgIpc) is 2.96. The maximum absolute atomic E-state index is 12.7. The van der Waals surface area contributed by atoms with Crippen molar-refractivity contribution in [2.24, 2.45) is 0 Å². The number of hydrogen-bond acceptors (Lipinski definition) is 4. The summed E-state index contributed by atoms with van der Waals surface area (Å²) in [5.41, 5.74) is 2.52. The summed E-state index contributed by atoms with van der Waals surface area (Å²) in [5.74, 6) is 1.05. The van der Waals surface area contributed by atoms with Crippen LogP contribution in [0.15, 0.2) is 60.7 Å². The van der Waals surface area contributed by atoms with Crippen molar-refractivity contribution >= 4 is 18.3 Å². The van der Waals surface area contributed by atoms with E-state index >= 15 is 0 Å². The van der Waals surface area contributed by atoms with Crippen molar-refractivity contribution in [2.75, 3.05) is 6.54 Å². The van der Waals surface area contributed by atoms with Gasteiger partial charge in [-0.05, 0) is 43.3 Å². The highest BCUT2D eigenvalue weighted by Crippen LogP contribution is 2.25. The average molecular weight is 399 g/mol. The van der Waals surface area contributed by atoms with E-state index in [1.54, 1.807) is 12.1 Å². The van der Waals surface area contributed by atoms with Gasteiger partial charge in [-0.2, -0.15) is 5.10 Å². The van der Waals surface area contributed by atoms with Crippen molar-refractivity contribution in [3.63, 3.8) is 0 Å². The number of carbonyl (C=O) groups excluding carboxylic acids is 1. The molecule has 4 rings (SSSR count). The third kappa shape index (κ3) is 4.71. The van der Waals surface area contributed by atoms with Crippen LogP contribution >= 0.6 is 12.4 Å². The van der Waals surface area contributed by atoms with E-state index in [1.165, 1.54) is 0 Å². The van der Waals surface area contributed by atoms with E-state index < -0.39 is 0 Å².